The van der Waals surface area contributed by atoms with E-state index < -0.39 is 30.7 Å². The number of unbranched alkanes of at least 4 members (excludes halogenated alkanes) is 9. The number of rotatable bonds is 17. The fourth-order valence-electron chi connectivity index (χ4n) is 3.32. The normalized spacial score (nSPS) is 28.0. The summed E-state index contributed by atoms with van der Waals surface area (Å²) in [6.07, 6.45) is 8.05. The smallest absolute Gasteiger partial charge is 0.184 e. The van der Waals surface area contributed by atoms with Crippen LogP contribution in [0.1, 0.15) is 77.6 Å². The molecule has 0 aromatic rings. The molecule has 1 heterocycles. The zero-order valence-electron chi connectivity index (χ0n) is 17.5. The summed E-state index contributed by atoms with van der Waals surface area (Å²) in [5.74, 6) is 2.23. The summed E-state index contributed by atoms with van der Waals surface area (Å²) in [7, 11) is 0. The first-order valence-corrected chi connectivity index (χ1v) is 12.3. The Hall–Kier alpha value is 0.110. The Morgan fingerprint density at radius 2 is 1.29 bits per heavy atom. The molecule has 7 heteroatoms. The molecule has 1 fully saturated rings. The molecular weight excluding hydrogens is 380 g/mol. The second kappa shape index (κ2) is 16.9. The Kier molecular flexibility index (Phi) is 15.7. The van der Waals surface area contributed by atoms with Gasteiger partial charge in [-0.1, -0.05) is 64.7 Å². The first-order chi connectivity index (χ1) is 13.6. The second-order valence-corrected chi connectivity index (χ2v) is 8.98. The number of hydrogen-bond donors (Lipinski definition) is 4. The maximum absolute atomic E-state index is 9.82. The van der Waals surface area contributed by atoms with Crippen LogP contribution in [0, 0.1) is 0 Å². The molecule has 0 radical (unpaired) electrons. The molecule has 1 rings (SSSR count). The van der Waals surface area contributed by atoms with E-state index in [-0.39, 0.29) is 6.61 Å². The van der Waals surface area contributed by atoms with Gasteiger partial charge in [0, 0.05) is 6.61 Å². The Balaban J connectivity index is 1.83. The summed E-state index contributed by atoms with van der Waals surface area (Å²) in [4.78, 5) is 0. The van der Waals surface area contributed by atoms with Crippen molar-refractivity contribution < 1.29 is 29.9 Å². The van der Waals surface area contributed by atoms with Crippen molar-refractivity contribution in [3.8, 4) is 0 Å². The Morgan fingerprint density at radius 3 is 1.93 bits per heavy atom. The molecule has 0 aromatic heterocycles. The standard InChI is InChI=1S/C21H42O6S/c1-2-3-4-5-6-7-8-9-10-11-14-28-15-12-13-26-16-17-18(22)19(23)20(24)21(25)27-17/h17-25H,2-16H2,1H3/t17-,18+,19+,20-,21+/m1/s1. The van der Waals surface area contributed by atoms with Crippen molar-refractivity contribution >= 4 is 11.8 Å². The lowest BCUT2D eigenvalue weighted by atomic mass is 9.99. The van der Waals surface area contributed by atoms with Crippen molar-refractivity contribution in [1.82, 2.24) is 0 Å². The van der Waals surface area contributed by atoms with E-state index in [1.54, 1.807) is 0 Å². The molecular formula is C21H42O6S. The molecule has 0 aliphatic carbocycles. The first kappa shape index (κ1) is 26.1. The molecule has 5 atom stereocenters. The van der Waals surface area contributed by atoms with Crippen molar-refractivity contribution in [2.75, 3.05) is 24.7 Å². The minimum Gasteiger partial charge on any atom is -0.387 e. The molecule has 0 unspecified atom stereocenters. The van der Waals surface area contributed by atoms with Crippen LogP contribution in [0.4, 0.5) is 0 Å². The van der Waals surface area contributed by atoms with Crippen molar-refractivity contribution in [3.63, 3.8) is 0 Å². The minimum absolute atomic E-state index is 0.0884. The van der Waals surface area contributed by atoms with Crippen molar-refractivity contribution in [1.29, 1.82) is 0 Å². The Morgan fingerprint density at radius 1 is 0.714 bits per heavy atom. The van der Waals surface area contributed by atoms with Crippen LogP contribution in [0.15, 0.2) is 0 Å². The van der Waals surface area contributed by atoms with Gasteiger partial charge < -0.3 is 29.9 Å². The fraction of sp³-hybridized carbons (Fsp3) is 1.00. The zero-order chi connectivity index (χ0) is 20.6. The van der Waals surface area contributed by atoms with Gasteiger partial charge in [0.05, 0.1) is 6.61 Å². The van der Waals surface area contributed by atoms with Crippen LogP contribution in [0.2, 0.25) is 0 Å². The number of hydrogen-bond acceptors (Lipinski definition) is 7. The maximum atomic E-state index is 9.82. The molecule has 6 nitrogen and oxygen atoms in total. The highest BCUT2D eigenvalue weighted by Crippen LogP contribution is 2.20. The van der Waals surface area contributed by atoms with Gasteiger partial charge in [0.1, 0.15) is 24.4 Å². The Bertz CT molecular complexity index is 360. The van der Waals surface area contributed by atoms with Gasteiger partial charge in [0.25, 0.3) is 0 Å². The molecule has 4 N–H and O–H groups in total. The van der Waals surface area contributed by atoms with E-state index in [1.807, 2.05) is 11.8 Å². The summed E-state index contributed by atoms with van der Waals surface area (Å²) in [6, 6.07) is 0. The van der Waals surface area contributed by atoms with Crippen LogP contribution in [-0.4, -0.2) is 75.9 Å². The Labute approximate surface area is 175 Å². The first-order valence-electron chi connectivity index (χ1n) is 11.1. The third kappa shape index (κ3) is 11.3. The number of aliphatic hydroxyl groups excluding tert-OH is 4. The predicted molar refractivity (Wildman–Crippen MR) is 114 cm³/mol. The highest BCUT2D eigenvalue weighted by atomic mass is 32.2. The molecule has 28 heavy (non-hydrogen) atoms. The lowest BCUT2D eigenvalue weighted by Crippen LogP contribution is -2.58. The van der Waals surface area contributed by atoms with Gasteiger partial charge in [0.2, 0.25) is 0 Å². The highest BCUT2D eigenvalue weighted by molar-refractivity contribution is 7.99. The van der Waals surface area contributed by atoms with Gasteiger partial charge in [0.15, 0.2) is 6.29 Å². The van der Waals surface area contributed by atoms with E-state index in [9.17, 15) is 20.4 Å². The number of ether oxygens (including phenoxy) is 2. The van der Waals surface area contributed by atoms with Crippen LogP contribution in [0.25, 0.3) is 0 Å². The third-order valence-corrected chi connectivity index (χ3v) is 6.34. The van der Waals surface area contributed by atoms with E-state index in [4.69, 9.17) is 9.47 Å². The molecule has 0 bridgehead atoms. The van der Waals surface area contributed by atoms with Crippen molar-refractivity contribution in [2.45, 2.75) is 108 Å². The van der Waals surface area contributed by atoms with Crippen molar-refractivity contribution in [3.05, 3.63) is 0 Å². The number of aliphatic hydroxyl groups is 4. The van der Waals surface area contributed by atoms with Crippen LogP contribution >= 0.6 is 11.8 Å². The monoisotopic (exact) mass is 422 g/mol. The van der Waals surface area contributed by atoms with E-state index in [1.165, 1.54) is 70.0 Å². The van der Waals surface area contributed by atoms with E-state index in [0.717, 1.165) is 12.2 Å². The van der Waals surface area contributed by atoms with Crippen molar-refractivity contribution in [2.24, 2.45) is 0 Å². The molecule has 0 spiro atoms. The SMILES string of the molecule is CCCCCCCCCCCCSCCCOC[C@H]1O[C@H](O)[C@H](O)[C@@H](O)[C@H]1O. The molecule has 1 aliphatic heterocycles. The van der Waals surface area contributed by atoms with Gasteiger partial charge >= 0.3 is 0 Å². The van der Waals surface area contributed by atoms with Gasteiger partial charge in [-0.15, -0.1) is 0 Å². The quantitative estimate of drug-likeness (QED) is 0.268. The minimum atomic E-state index is -1.50. The third-order valence-electron chi connectivity index (χ3n) is 5.19. The van der Waals surface area contributed by atoms with Gasteiger partial charge in [-0.2, -0.15) is 11.8 Å². The summed E-state index contributed by atoms with van der Waals surface area (Å²) >= 11 is 1.94. The predicted octanol–water partition coefficient (Wildman–Crippen LogP) is 2.85. The van der Waals surface area contributed by atoms with E-state index in [2.05, 4.69) is 6.92 Å². The van der Waals surface area contributed by atoms with Crippen LogP contribution in [0.3, 0.4) is 0 Å². The maximum Gasteiger partial charge on any atom is 0.184 e. The van der Waals surface area contributed by atoms with Gasteiger partial charge in [-0.25, -0.2) is 0 Å². The molecule has 0 saturated carbocycles. The summed E-state index contributed by atoms with van der Waals surface area (Å²) in [5.41, 5.74) is 0. The average molecular weight is 423 g/mol. The van der Waals surface area contributed by atoms with Crippen LogP contribution in [0.5, 0.6) is 0 Å². The molecule has 1 saturated heterocycles. The lowest BCUT2D eigenvalue weighted by Gasteiger charge is -2.38. The summed E-state index contributed by atoms with van der Waals surface area (Å²) in [6.45, 7) is 2.89. The van der Waals surface area contributed by atoms with E-state index >= 15 is 0 Å². The largest absolute Gasteiger partial charge is 0.387 e. The molecule has 1 aliphatic rings. The summed E-state index contributed by atoms with van der Waals surface area (Å²) in [5, 5.41) is 38.3. The van der Waals surface area contributed by atoms with Crippen LogP contribution in [-0.2, 0) is 9.47 Å². The second-order valence-electron chi connectivity index (χ2n) is 7.76. The van der Waals surface area contributed by atoms with Gasteiger partial charge in [-0.3, -0.25) is 0 Å². The molecule has 0 amide bonds. The van der Waals surface area contributed by atoms with Gasteiger partial charge in [-0.05, 0) is 24.3 Å². The van der Waals surface area contributed by atoms with Crippen LogP contribution < -0.4 is 0 Å². The highest BCUT2D eigenvalue weighted by Gasteiger charge is 2.42. The fourth-order valence-corrected chi connectivity index (χ4v) is 4.26. The van der Waals surface area contributed by atoms with E-state index in [0.29, 0.717) is 6.61 Å². The molecule has 168 valence electrons. The molecule has 0 aromatic carbocycles. The lowest BCUT2D eigenvalue weighted by molar-refractivity contribution is -0.288. The number of thioether (sulfide) groups is 1. The topological polar surface area (TPSA) is 99.4 Å². The average Bonchev–Trinajstić information content (AvgIpc) is 2.69. The summed E-state index contributed by atoms with van der Waals surface area (Å²) < 4.78 is 10.6. The zero-order valence-corrected chi connectivity index (χ0v) is 18.3.